The molecule has 1 aliphatic rings. The number of benzene rings is 1. The van der Waals surface area contributed by atoms with E-state index in [2.05, 4.69) is 9.72 Å². The minimum atomic E-state index is -0.390. The smallest absolute Gasteiger partial charge is 0.337 e. The highest BCUT2D eigenvalue weighted by Gasteiger charge is 2.18. The van der Waals surface area contributed by atoms with E-state index in [-0.39, 0.29) is 12.2 Å². The fourth-order valence-electron chi connectivity index (χ4n) is 3.18. The quantitative estimate of drug-likeness (QED) is 0.661. The summed E-state index contributed by atoms with van der Waals surface area (Å²) < 4.78 is 12.1. The SMILES string of the molecule is COC(=O)c1ccc(OCc2cc(=O)n3c4c(sc3n2)CCCC4)cc1. The van der Waals surface area contributed by atoms with E-state index < -0.39 is 5.97 Å². The third-order valence-electron chi connectivity index (χ3n) is 4.48. The number of fused-ring (bicyclic) bond motifs is 3. The topological polar surface area (TPSA) is 69.9 Å². The summed E-state index contributed by atoms with van der Waals surface area (Å²) in [5.74, 6) is 0.212. The number of carbonyl (C=O) groups is 1. The summed E-state index contributed by atoms with van der Waals surface area (Å²) in [5, 5.41) is 0. The first-order chi connectivity index (χ1) is 12.7. The van der Waals surface area contributed by atoms with E-state index in [9.17, 15) is 9.59 Å². The lowest BCUT2D eigenvalue weighted by atomic mass is 10.0. The van der Waals surface area contributed by atoms with Gasteiger partial charge in [-0.15, -0.1) is 11.3 Å². The Balaban J connectivity index is 1.54. The molecule has 0 spiro atoms. The van der Waals surface area contributed by atoms with Crippen LogP contribution >= 0.6 is 11.3 Å². The van der Waals surface area contributed by atoms with Crippen LogP contribution in [0, 0.1) is 0 Å². The van der Waals surface area contributed by atoms with Crippen LogP contribution in [0.4, 0.5) is 0 Å². The molecule has 4 rings (SSSR count). The molecule has 0 fully saturated rings. The summed E-state index contributed by atoms with van der Waals surface area (Å²) in [6.45, 7) is 0.200. The van der Waals surface area contributed by atoms with Gasteiger partial charge < -0.3 is 9.47 Å². The fourth-order valence-corrected chi connectivity index (χ4v) is 4.41. The highest BCUT2D eigenvalue weighted by molar-refractivity contribution is 7.17. The second-order valence-corrected chi connectivity index (χ2v) is 7.25. The zero-order valence-corrected chi connectivity index (χ0v) is 15.2. The van der Waals surface area contributed by atoms with Crippen LogP contribution in [0.3, 0.4) is 0 Å². The van der Waals surface area contributed by atoms with E-state index in [1.165, 1.54) is 24.5 Å². The maximum Gasteiger partial charge on any atom is 0.337 e. The summed E-state index contributed by atoms with van der Waals surface area (Å²) in [6.07, 6.45) is 4.27. The molecule has 0 unspecified atom stereocenters. The molecule has 0 atom stereocenters. The second-order valence-electron chi connectivity index (χ2n) is 6.19. The molecule has 134 valence electrons. The Morgan fingerprint density at radius 2 is 2.00 bits per heavy atom. The number of aryl methyl sites for hydroxylation is 2. The summed E-state index contributed by atoms with van der Waals surface area (Å²) in [6, 6.07) is 8.21. The Morgan fingerprint density at radius 1 is 1.23 bits per heavy atom. The van der Waals surface area contributed by atoms with Crippen molar-refractivity contribution in [3.63, 3.8) is 0 Å². The van der Waals surface area contributed by atoms with Gasteiger partial charge in [0.2, 0.25) is 0 Å². The van der Waals surface area contributed by atoms with Crippen LogP contribution in [0.15, 0.2) is 35.1 Å². The Bertz CT molecular complexity index is 1020. The van der Waals surface area contributed by atoms with Gasteiger partial charge in [-0.05, 0) is 49.9 Å². The molecule has 6 nitrogen and oxygen atoms in total. The summed E-state index contributed by atoms with van der Waals surface area (Å²) in [5.41, 5.74) is 2.14. The molecule has 2 aromatic heterocycles. The summed E-state index contributed by atoms with van der Waals surface area (Å²) in [7, 11) is 1.34. The van der Waals surface area contributed by atoms with Crippen molar-refractivity contribution in [3.05, 3.63) is 62.5 Å². The van der Waals surface area contributed by atoms with Crippen LogP contribution in [0.5, 0.6) is 5.75 Å². The van der Waals surface area contributed by atoms with Gasteiger partial charge in [0.15, 0.2) is 4.96 Å². The zero-order chi connectivity index (χ0) is 18.1. The number of carbonyl (C=O) groups excluding carboxylic acids is 1. The lowest BCUT2D eigenvalue weighted by Gasteiger charge is -2.10. The normalized spacial score (nSPS) is 13.4. The Hall–Kier alpha value is -2.67. The molecule has 0 amide bonds. The van der Waals surface area contributed by atoms with Gasteiger partial charge in [0.05, 0.1) is 18.4 Å². The van der Waals surface area contributed by atoms with Gasteiger partial charge in [-0.3, -0.25) is 9.20 Å². The first kappa shape index (κ1) is 16.8. The molecule has 0 radical (unpaired) electrons. The average Bonchev–Trinajstić information content (AvgIpc) is 3.05. The zero-order valence-electron chi connectivity index (χ0n) is 14.4. The third-order valence-corrected chi connectivity index (χ3v) is 5.62. The minimum Gasteiger partial charge on any atom is -0.487 e. The molecule has 3 aromatic rings. The predicted octanol–water partition coefficient (Wildman–Crippen LogP) is 3.00. The molecule has 0 saturated heterocycles. The van der Waals surface area contributed by atoms with Crippen LogP contribution in [0.2, 0.25) is 0 Å². The van der Waals surface area contributed by atoms with Crippen LogP contribution in [0.25, 0.3) is 4.96 Å². The van der Waals surface area contributed by atoms with Gasteiger partial charge in [0, 0.05) is 16.6 Å². The summed E-state index contributed by atoms with van der Waals surface area (Å²) in [4.78, 5) is 30.6. The molecular weight excluding hydrogens is 352 g/mol. The van der Waals surface area contributed by atoms with Crippen molar-refractivity contribution < 1.29 is 14.3 Å². The number of methoxy groups -OCH3 is 1. The van der Waals surface area contributed by atoms with E-state index in [0.717, 1.165) is 29.9 Å². The van der Waals surface area contributed by atoms with Crippen LogP contribution < -0.4 is 10.3 Å². The highest BCUT2D eigenvalue weighted by Crippen LogP contribution is 2.28. The first-order valence-corrected chi connectivity index (χ1v) is 9.32. The van der Waals surface area contributed by atoms with Gasteiger partial charge >= 0.3 is 5.97 Å². The van der Waals surface area contributed by atoms with Crippen molar-refractivity contribution in [2.45, 2.75) is 32.3 Å². The number of ether oxygens (including phenoxy) is 2. The lowest BCUT2D eigenvalue weighted by Crippen LogP contribution is -2.18. The molecule has 0 saturated carbocycles. The van der Waals surface area contributed by atoms with Gasteiger partial charge in [-0.25, -0.2) is 9.78 Å². The number of thiazole rings is 1. The van der Waals surface area contributed by atoms with Crippen molar-refractivity contribution in [2.75, 3.05) is 7.11 Å². The van der Waals surface area contributed by atoms with E-state index in [1.807, 2.05) is 0 Å². The summed E-state index contributed by atoms with van der Waals surface area (Å²) >= 11 is 1.60. The highest BCUT2D eigenvalue weighted by atomic mass is 32.1. The van der Waals surface area contributed by atoms with Crippen molar-refractivity contribution in [1.29, 1.82) is 0 Å². The van der Waals surface area contributed by atoms with Gasteiger partial charge in [0.25, 0.3) is 5.56 Å². The van der Waals surface area contributed by atoms with Gasteiger partial charge in [-0.1, -0.05) is 0 Å². The number of nitrogens with zero attached hydrogens (tertiary/aromatic N) is 2. The number of aromatic nitrogens is 2. The molecule has 0 N–H and O–H groups in total. The molecule has 1 aromatic carbocycles. The van der Waals surface area contributed by atoms with Crippen LogP contribution in [-0.4, -0.2) is 22.5 Å². The number of hydrogen-bond acceptors (Lipinski definition) is 6. The lowest BCUT2D eigenvalue weighted by molar-refractivity contribution is 0.0600. The molecule has 1 aliphatic carbocycles. The Kier molecular flexibility index (Phi) is 4.46. The standard InChI is InChI=1S/C19H18N2O4S/c1-24-18(23)12-6-8-14(9-7-12)25-11-13-10-17(22)21-15-4-2-3-5-16(15)26-19(21)20-13/h6-10H,2-5,11H2,1H3. The molecule has 0 aliphatic heterocycles. The molecule has 7 heteroatoms. The Morgan fingerprint density at radius 3 is 2.77 bits per heavy atom. The number of rotatable bonds is 4. The number of esters is 1. The first-order valence-electron chi connectivity index (χ1n) is 8.50. The maximum absolute atomic E-state index is 12.5. The molecule has 2 heterocycles. The minimum absolute atomic E-state index is 0.0472. The molecular formula is C19H18N2O4S. The van der Waals surface area contributed by atoms with Gasteiger partial charge in [-0.2, -0.15) is 0 Å². The number of hydrogen-bond donors (Lipinski definition) is 0. The average molecular weight is 370 g/mol. The fraction of sp³-hybridized carbons (Fsp3) is 0.316. The van der Waals surface area contributed by atoms with Crippen molar-refractivity contribution in [2.24, 2.45) is 0 Å². The second kappa shape index (κ2) is 6.92. The van der Waals surface area contributed by atoms with Crippen molar-refractivity contribution >= 4 is 22.3 Å². The maximum atomic E-state index is 12.5. The predicted molar refractivity (Wildman–Crippen MR) is 98.1 cm³/mol. The van der Waals surface area contributed by atoms with E-state index in [1.54, 1.807) is 40.0 Å². The molecule has 26 heavy (non-hydrogen) atoms. The van der Waals surface area contributed by atoms with E-state index >= 15 is 0 Å². The Labute approximate surface area is 154 Å². The monoisotopic (exact) mass is 370 g/mol. The van der Waals surface area contributed by atoms with Crippen molar-refractivity contribution in [1.82, 2.24) is 9.38 Å². The van der Waals surface area contributed by atoms with Crippen molar-refractivity contribution in [3.8, 4) is 5.75 Å². The van der Waals surface area contributed by atoms with Crippen LogP contribution in [-0.2, 0) is 24.2 Å². The van der Waals surface area contributed by atoms with E-state index in [0.29, 0.717) is 17.0 Å². The molecule has 0 bridgehead atoms. The van der Waals surface area contributed by atoms with Gasteiger partial charge in [0.1, 0.15) is 12.4 Å². The third kappa shape index (κ3) is 3.10. The van der Waals surface area contributed by atoms with Crippen LogP contribution in [0.1, 0.15) is 39.5 Å². The van der Waals surface area contributed by atoms with E-state index in [4.69, 9.17) is 4.74 Å². The largest absolute Gasteiger partial charge is 0.487 e.